The smallest absolute Gasteiger partial charge is 0.252 e. The SMILES string of the molecule is Cc1ccc(-c2[nH]c3ccccc3c2SCCNC(=O)c2ccccc2Br)cc1. The number of benzene rings is 3. The van der Waals surface area contributed by atoms with E-state index in [4.69, 9.17) is 0 Å². The molecular weight excluding hydrogens is 444 g/mol. The van der Waals surface area contributed by atoms with E-state index in [1.165, 1.54) is 21.4 Å². The van der Waals surface area contributed by atoms with Crippen LogP contribution in [0.2, 0.25) is 0 Å². The molecule has 3 aromatic carbocycles. The Morgan fingerprint density at radius 3 is 2.52 bits per heavy atom. The highest BCUT2D eigenvalue weighted by Gasteiger charge is 2.14. The number of aromatic amines is 1. The zero-order valence-corrected chi connectivity index (χ0v) is 18.4. The fourth-order valence-corrected chi connectivity index (χ4v) is 4.77. The third-order valence-corrected chi connectivity index (χ3v) is 6.56. The molecule has 1 heterocycles. The fraction of sp³-hybridized carbons (Fsp3) is 0.125. The first-order valence-electron chi connectivity index (χ1n) is 9.47. The number of thioether (sulfide) groups is 1. The standard InChI is InChI=1S/C24H21BrN2OS/c1-16-10-12-17(13-11-16)22-23(19-7-3-5-9-21(19)27-22)29-15-14-26-24(28)18-6-2-4-8-20(18)25/h2-13,27H,14-15H2,1H3,(H,26,28). The normalized spacial score (nSPS) is 11.0. The average Bonchev–Trinajstić information content (AvgIpc) is 3.10. The lowest BCUT2D eigenvalue weighted by Crippen LogP contribution is -2.26. The number of H-pyrrole nitrogens is 1. The van der Waals surface area contributed by atoms with Gasteiger partial charge in [0, 0.05) is 32.6 Å². The maximum atomic E-state index is 12.4. The summed E-state index contributed by atoms with van der Waals surface area (Å²) in [5.74, 6) is 0.729. The second kappa shape index (κ2) is 8.89. The van der Waals surface area contributed by atoms with Crippen LogP contribution in [0.4, 0.5) is 0 Å². The van der Waals surface area contributed by atoms with Crippen LogP contribution >= 0.6 is 27.7 Å². The molecule has 3 nitrogen and oxygen atoms in total. The molecule has 0 radical (unpaired) electrons. The van der Waals surface area contributed by atoms with Crippen molar-refractivity contribution in [2.75, 3.05) is 12.3 Å². The molecule has 0 atom stereocenters. The molecule has 0 bridgehead atoms. The van der Waals surface area contributed by atoms with E-state index < -0.39 is 0 Å². The topological polar surface area (TPSA) is 44.9 Å². The van der Waals surface area contributed by atoms with Crippen LogP contribution in [0.5, 0.6) is 0 Å². The highest BCUT2D eigenvalue weighted by Crippen LogP contribution is 2.37. The number of aryl methyl sites for hydroxylation is 1. The molecule has 4 rings (SSSR count). The van der Waals surface area contributed by atoms with Crippen molar-refractivity contribution in [1.82, 2.24) is 10.3 Å². The van der Waals surface area contributed by atoms with Crippen molar-refractivity contribution >= 4 is 44.5 Å². The first kappa shape index (κ1) is 19.8. The van der Waals surface area contributed by atoms with Gasteiger partial charge in [-0.3, -0.25) is 4.79 Å². The molecule has 0 unspecified atom stereocenters. The zero-order chi connectivity index (χ0) is 20.2. The van der Waals surface area contributed by atoms with E-state index in [2.05, 4.69) is 75.6 Å². The first-order valence-corrected chi connectivity index (χ1v) is 11.2. The molecule has 0 spiro atoms. The molecule has 4 aromatic rings. The molecule has 1 amide bonds. The zero-order valence-electron chi connectivity index (χ0n) is 16.0. The Kier molecular flexibility index (Phi) is 6.07. The van der Waals surface area contributed by atoms with Crippen molar-refractivity contribution in [2.45, 2.75) is 11.8 Å². The number of fused-ring (bicyclic) bond motifs is 1. The number of carbonyl (C=O) groups is 1. The van der Waals surface area contributed by atoms with Gasteiger partial charge in [-0.05, 0) is 46.6 Å². The summed E-state index contributed by atoms with van der Waals surface area (Å²) in [6, 6.07) is 24.4. The Bertz CT molecular complexity index is 1150. The summed E-state index contributed by atoms with van der Waals surface area (Å²) >= 11 is 5.20. The van der Waals surface area contributed by atoms with Crippen molar-refractivity contribution in [3.63, 3.8) is 0 Å². The van der Waals surface area contributed by atoms with Gasteiger partial charge in [0.2, 0.25) is 0 Å². The number of hydrogen-bond donors (Lipinski definition) is 2. The molecule has 146 valence electrons. The molecule has 29 heavy (non-hydrogen) atoms. The second-order valence-corrected chi connectivity index (χ2v) is 8.78. The van der Waals surface area contributed by atoms with Crippen LogP contribution < -0.4 is 5.32 Å². The number of halogens is 1. The average molecular weight is 465 g/mol. The Hall–Kier alpha value is -2.50. The Balaban J connectivity index is 1.50. The third kappa shape index (κ3) is 4.41. The van der Waals surface area contributed by atoms with Gasteiger partial charge in [0.15, 0.2) is 0 Å². The number of amides is 1. The van der Waals surface area contributed by atoms with Gasteiger partial charge in [-0.2, -0.15) is 0 Å². The number of hydrogen-bond acceptors (Lipinski definition) is 2. The summed E-state index contributed by atoms with van der Waals surface area (Å²) in [6.07, 6.45) is 0. The maximum absolute atomic E-state index is 12.4. The van der Waals surface area contributed by atoms with E-state index in [0.29, 0.717) is 12.1 Å². The minimum atomic E-state index is -0.0595. The highest BCUT2D eigenvalue weighted by molar-refractivity contribution is 9.10. The fourth-order valence-electron chi connectivity index (χ4n) is 3.25. The minimum absolute atomic E-state index is 0.0595. The summed E-state index contributed by atoms with van der Waals surface area (Å²) in [6.45, 7) is 2.69. The molecule has 1 aromatic heterocycles. The van der Waals surface area contributed by atoms with Crippen molar-refractivity contribution in [3.8, 4) is 11.3 Å². The lowest BCUT2D eigenvalue weighted by atomic mass is 10.1. The van der Waals surface area contributed by atoms with Gasteiger partial charge in [-0.15, -0.1) is 11.8 Å². The second-order valence-electron chi connectivity index (χ2n) is 6.82. The van der Waals surface area contributed by atoms with Crippen molar-refractivity contribution in [3.05, 3.63) is 88.4 Å². The Morgan fingerprint density at radius 2 is 1.72 bits per heavy atom. The van der Waals surface area contributed by atoms with Crippen LogP contribution in [0.25, 0.3) is 22.2 Å². The van der Waals surface area contributed by atoms with Gasteiger partial charge >= 0.3 is 0 Å². The monoisotopic (exact) mass is 464 g/mol. The van der Waals surface area contributed by atoms with Crippen LogP contribution in [0.1, 0.15) is 15.9 Å². The van der Waals surface area contributed by atoms with Crippen molar-refractivity contribution < 1.29 is 4.79 Å². The van der Waals surface area contributed by atoms with E-state index in [1.807, 2.05) is 30.3 Å². The van der Waals surface area contributed by atoms with E-state index in [-0.39, 0.29) is 5.91 Å². The van der Waals surface area contributed by atoms with E-state index >= 15 is 0 Å². The Labute approximate surface area is 183 Å². The van der Waals surface area contributed by atoms with Gasteiger partial charge < -0.3 is 10.3 Å². The van der Waals surface area contributed by atoms with E-state index in [0.717, 1.165) is 21.4 Å². The minimum Gasteiger partial charge on any atom is -0.354 e. The predicted molar refractivity (Wildman–Crippen MR) is 126 cm³/mol. The molecule has 5 heteroatoms. The van der Waals surface area contributed by atoms with Gasteiger partial charge in [0.1, 0.15) is 0 Å². The van der Waals surface area contributed by atoms with Crippen LogP contribution in [-0.2, 0) is 0 Å². The maximum Gasteiger partial charge on any atom is 0.252 e. The summed E-state index contributed by atoms with van der Waals surface area (Å²) in [5.41, 5.74) is 5.33. The molecule has 0 saturated carbocycles. The number of carbonyl (C=O) groups excluding carboxylic acids is 1. The Morgan fingerprint density at radius 1 is 1.00 bits per heavy atom. The summed E-state index contributed by atoms with van der Waals surface area (Å²) in [4.78, 5) is 17.2. The number of nitrogens with one attached hydrogen (secondary N) is 2. The van der Waals surface area contributed by atoms with Gasteiger partial charge in [0.05, 0.1) is 11.3 Å². The summed E-state index contributed by atoms with van der Waals surface area (Å²) in [5, 5.41) is 4.23. The van der Waals surface area contributed by atoms with Crippen LogP contribution in [0.15, 0.2) is 82.2 Å². The molecule has 2 N–H and O–H groups in total. The van der Waals surface area contributed by atoms with Crippen LogP contribution in [-0.4, -0.2) is 23.2 Å². The summed E-state index contributed by atoms with van der Waals surface area (Å²) in [7, 11) is 0. The van der Waals surface area contributed by atoms with Crippen molar-refractivity contribution in [1.29, 1.82) is 0 Å². The number of aromatic nitrogens is 1. The molecule has 0 aliphatic heterocycles. The molecule has 0 aliphatic carbocycles. The molecule has 0 fully saturated rings. The van der Waals surface area contributed by atoms with Gasteiger partial charge in [0.25, 0.3) is 5.91 Å². The molecule has 0 aliphatic rings. The largest absolute Gasteiger partial charge is 0.354 e. The van der Waals surface area contributed by atoms with Crippen LogP contribution in [0.3, 0.4) is 0 Å². The number of para-hydroxylation sites is 1. The van der Waals surface area contributed by atoms with Crippen LogP contribution in [0, 0.1) is 6.92 Å². The highest BCUT2D eigenvalue weighted by atomic mass is 79.9. The first-order chi connectivity index (χ1) is 14.1. The molecule has 0 saturated heterocycles. The quantitative estimate of drug-likeness (QED) is 0.255. The van der Waals surface area contributed by atoms with Gasteiger partial charge in [-0.25, -0.2) is 0 Å². The number of rotatable bonds is 6. The lowest BCUT2D eigenvalue weighted by molar-refractivity contribution is 0.0955. The summed E-state index contributed by atoms with van der Waals surface area (Å²) < 4.78 is 0.809. The van der Waals surface area contributed by atoms with E-state index in [9.17, 15) is 4.79 Å². The molecular formula is C24H21BrN2OS. The lowest BCUT2D eigenvalue weighted by Gasteiger charge is -2.08. The van der Waals surface area contributed by atoms with Gasteiger partial charge in [-0.1, -0.05) is 60.2 Å². The van der Waals surface area contributed by atoms with E-state index in [1.54, 1.807) is 11.8 Å². The predicted octanol–water partition coefficient (Wildman–Crippen LogP) is 6.43. The van der Waals surface area contributed by atoms with Crippen molar-refractivity contribution in [2.24, 2.45) is 0 Å². The third-order valence-electron chi connectivity index (χ3n) is 4.75.